The average Bonchev–Trinajstić information content (AvgIpc) is 2.17. The molecule has 0 bridgehead atoms. The first-order chi connectivity index (χ1) is 6.31. The van der Waals surface area contributed by atoms with Gasteiger partial charge in [-0.1, -0.05) is 24.3 Å². The lowest BCUT2D eigenvalue weighted by molar-refractivity contribution is 0.387. The fourth-order valence-electron chi connectivity index (χ4n) is 0.535. The molecule has 80 valence electrons. The molecule has 14 heavy (non-hydrogen) atoms. The predicted molar refractivity (Wildman–Crippen MR) is 65.0 cm³/mol. The van der Waals surface area contributed by atoms with Crippen LogP contribution in [0.1, 0.15) is 0 Å². The minimum atomic E-state index is -1.04. The SMILES string of the molecule is C=CCO[PH2]=O.Oc1ccccc1.S. The molecule has 0 aromatic heterocycles. The summed E-state index contributed by atoms with van der Waals surface area (Å²) in [4.78, 5) is 0. The van der Waals surface area contributed by atoms with Crippen LogP contribution < -0.4 is 0 Å². The van der Waals surface area contributed by atoms with Gasteiger partial charge in [-0.3, -0.25) is 4.57 Å². The Bertz CT molecular complexity index is 233. The molecule has 3 nitrogen and oxygen atoms in total. The Labute approximate surface area is 92.1 Å². The zero-order valence-corrected chi connectivity index (χ0v) is 9.87. The topological polar surface area (TPSA) is 46.5 Å². The predicted octanol–water partition coefficient (Wildman–Crippen LogP) is 2.37. The molecule has 5 heteroatoms. The molecule has 1 atom stereocenters. The van der Waals surface area contributed by atoms with Gasteiger partial charge in [0.2, 0.25) is 0 Å². The summed E-state index contributed by atoms with van der Waals surface area (Å²) in [5, 5.41) is 8.63. The van der Waals surface area contributed by atoms with Crippen molar-refractivity contribution in [2.75, 3.05) is 6.61 Å². The van der Waals surface area contributed by atoms with Gasteiger partial charge < -0.3 is 9.63 Å². The minimum Gasteiger partial charge on any atom is -0.508 e. The summed E-state index contributed by atoms with van der Waals surface area (Å²) in [5.74, 6) is 0.322. The fraction of sp³-hybridized carbons (Fsp3) is 0.111. The van der Waals surface area contributed by atoms with Crippen LogP contribution >= 0.6 is 22.2 Å². The van der Waals surface area contributed by atoms with Gasteiger partial charge in [-0.15, -0.1) is 6.58 Å². The van der Waals surface area contributed by atoms with Gasteiger partial charge in [0.05, 0.1) is 6.61 Å². The number of rotatable bonds is 3. The minimum absolute atomic E-state index is 0. The van der Waals surface area contributed by atoms with Crippen LogP contribution in [0.2, 0.25) is 0 Å². The first-order valence-corrected chi connectivity index (χ1v) is 4.65. The van der Waals surface area contributed by atoms with Crippen molar-refractivity contribution in [3.8, 4) is 5.75 Å². The van der Waals surface area contributed by atoms with Gasteiger partial charge in [0.15, 0.2) is 8.69 Å². The highest BCUT2D eigenvalue weighted by Crippen LogP contribution is 2.02. The molecule has 1 N–H and O–H groups in total. The van der Waals surface area contributed by atoms with Gasteiger partial charge in [-0.2, -0.15) is 13.5 Å². The van der Waals surface area contributed by atoms with Crippen molar-refractivity contribution in [3.05, 3.63) is 43.0 Å². The van der Waals surface area contributed by atoms with Gasteiger partial charge in [-0.05, 0) is 12.1 Å². The summed E-state index contributed by atoms with van der Waals surface area (Å²) >= 11 is 0. The second-order valence-electron chi connectivity index (χ2n) is 2.05. The van der Waals surface area contributed by atoms with E-state index in [0.717, 1.165) is 0 Å². The molecule has 0 radical (unpaired) electrons. The summed E-state index contributed by atoms with van der Waals surface area (Å²) < 4.78 is 13.9. The smallest absolute Gasteiger partial charge is 0.180 e. The second kappa shape index (κ2) is 12.3. The Morgan fingerprint density at radius 3 is 2.21 bits per heavy atom. The van der Waals surface area contributed by atoms with E-state index in [1.165, 1.54) is 0 Å². The van der Waals surface area contributed by atoms with Crippen LogP contribution in [-0.2, 0) is 9.09 Å². The van der Waals surface area contributed by atoms with Crippen molar-refractivity contribution in [3.63, 3.8) is 0 Å². The highest BCUT2D eigenvalue weighted by Gasteiger charge is 1.74. The maximum atomic E-state index is 9.50. The monoisotopic (exact) mass is 234 g/mol. The maximum absolute atomic E-state index is 9.50. The summed E-state index contributed by atoms with van der Waals surface area (Å²) in [5.41, 5.74) is 0. The number of para-hydroxylation sites is 1. The molecule has 1 aromatic rings. The lowest BCUT2D eigenvalue weighted by atomic mass is 10.3. The van der Waals surface area contributed by atoms with Crippen LogP contribution in [0.15, 0.2) is 43.0 Å². The molecular weight excluding hydrogens is 219 g/mol. The third-order valence-corrected chi connectivity index (χ3v) is 1.37. The fourth-order valence-corrected chi connectivity index (χ4v) is 0.750. The first-order valence-electron chi connectivity index (χ1n) is 3.71. The van der Waals surface area contributed by atoms with E-state index in [-0.39, 0.29) is 13.5 Å². The third kappa shape index (κ3) is 11.3. The standard InChI is InChI=1S/C6H6O.C3H7O2P.H2S/c7-6-4-2-1-3-5-6;1-2-3-5-6-4;/h1-5,7H;2H,1,3,6H2;1H2. The van der Waals surface area contributed by atoms with Gasteiger partial charge in [0.25, 0.3) is 0 Å². The van der Waals surface area contributed by atoms with Crippen LogP contribution in [0, 0.1) is 0 Å². The van der Waals surface area contributed by atoms with E-state index in [0.29, 0.717) is 12.4 Å². The Morgan fingerprint density at radius 2 is 2.00 bits per heavy atom. The highest BCUT2D eigenvalue weighted by molar-refractivity contribution is 7.59. The van der Waals surface area contributed by atoms with Gasteiger partial charge in [-0.25, -0.2) is 0 Å². The van der Waals surface area contributed by atoms with E-state index >= 15 is 0 Å². The van der Waals surface area contributed by atoms with Crippen molar-refractivity contribution in [1.82, 2.24) is 0 Å². The van der Waals surface area contributed by atoms with Crippen LogP contribution in [0.25, 0.3) is 0 Å². The molecule has 0 aliphatic rings. The molecule has 0 spiro atoms. The van der Waals surface area contributed by atoms with E-state index in [1.54, 1.807) is 30.3 Å². The Kier molecular flexibility index (Phi) is 13.8. The largest absolute Gasteiger partial charge is 0.508 e. The number of aromatic hydroxyl groups is 1. The van der Waals surface area contributed by atoms with Gasteiger partial charge in [0, 0.05) is 0 Å². The lowest BCUT2D eigenvalue weighted by Gasteiger charge is -1.82. The number of hydrogen-bond donors (Lipinski definition) is 1. The quantitative estimate of drug-likeness (QED) is 0.496. The summed E-state index contributed by atoms with van der Waals surface area (Å²) in [6, 6.07) is 8.71. The number of phenolic OH excluding ortho intramolecular Hbond substituents is 1. The molecule has 0 saturated heterocycles. The normalized spacial score (nSPS) is 8.57. The highest BCUT2D eigenvalue weighted by atomic mass is 32.1. The van der Waals surface area contributed by atoms with E-state index in [1.807, 2.05) is 6.07 Å². The van der Waals surface area contributed by atoms with Crippen molar-refractivity contribution in [1.29, 1.82) is 0 Å². The summed E-state index contributed by atoms with van der Waals surface area (Å²) in [6.45, 7) is 3.75. The van der Waals surface area contributed by atoms with Gasteiger partial charge in [0.1, 0.15) is 5.75 Å². The number of hydrogen-bond acceptors (Lipinski definition) is 3. The van der Waals surface area contributed by atoms with Crippen molar-refractivity contribution < 1.29 is 14.2 Å². The van der Waals surface area contributed by atoms with E-state index in [4.69, 9.17) is 5.11 Å². The van der Waals surface area contributed by atoms with Gasteiger partial charge >= 0.3 is 0 Å². The van der Waals surface area contributed by atoms with E-state index < -0.39 is 8.69 Å². The molecular formula is C9H15O3PS. The van der Waals surface area contributed by atoms with E-state index in [9.17, 15) is 4.57 Å². The Morgan fingerprint density at radius 1 is 1.43 bits per heavy atom. The van der Waals surface area contributed by atoms with E-state index in [2.05, 4.69) is 11.1 Å². The van der Waals surface area contributed by atoms with Crippen molar-refractivity contribution in [2.45, 2.75) is 0 Å². The molecule has 1 unspecified atom stereocenters. The van der Waals surface area contributed by atoms with Crippen LogP contribution in [-0.4, -0.2) is 11.7 Å². The molecule has 0 aliphatic heterocycles. The van der Waals surface area contributed by atoms with Crippen molar-refractivity contribution in [2.24, 2.45) is 0 Å². The number of phenols is 1. The molecule has 1 rings (SSSR count). The summed E-state index contributed by atoms with van der Waals surface area (Å²) in [6.07, 6.45) is 1.56. The molecule has 1 aromatic carbocycles. The average molecular weight is 234 g/mol. The van der Waals surface area contributed by atoms with Crippen LogP contribution in [0.4, 0.5) is 0 Å². The first kappa shape index (κ1) is 15.8. The third-order valence-electron chi connectivity index (χ3n) is 1.04. The molecule has 0 heterocycles. The van der Waals surface area contributed by atoms with Crippen molar-refractivity contribution >= 4 is 22.2 Å². The Hall–Kier alpha value is -0.700. The molecule has 0 aliphatic carbocycles. The van der Waals surface area contributed by atoms with Crippen LogP contribution in [0.5, 0.6) is 5.75 Å². The zero-order valence-electron chi connectivity index (χ0n) is 7.72. The summed E-state index contributed by atoms with van der Waals surface area (Å²) in [7, 11) is -1.04. The molecule has 0 saturated carbocycles. The zero-order chi connectivity index (χ0) is 9.94. The second-order valence-corrected chi connectivity index (χ2v) is 2.58. The Balaban J connectivity index is 0. The molecule has 0 fully saturated rings. The molecule has 0 amide bonds. The lowest BCUT2D eigenvalue weighted by Crippen LogP contribution is -1.69. The maximum Gasteiger partial charge on any atom is 0.180 e. The number of benzene rings is 1. The van der Waals surface area contributed by atoms with Crippen LogP contribution in [0.3, 0.4) is 0 Å².